The van der Waals surface area contributed by atoms with Crippen LogP contribution in [0.5, 0.6) is 0 Å². The number of aryl methyl sites for hydroxylation is 1. The fraction of sp³-hybridized carbons (Fsp3) is 0.750. The third-order valence-electron chi connectivity index (χ3n) is 3.13. The minimum atomic E-state index is 0.681. The monoisotopic (exact) mass is 207 g/mol. The number of hydrogen-bond acceptors (Lipinski definition) is 2. The van der Waals surface area contributed by atoms with Crippen LogP contribution in [0.2, 0.25) is 0 Å². The van der Waals surface area contributed by atoms with Gasteiger partial charge in [0.1, 0.15) is 0 Å². The predicted octanol–water partition coefficient (Wildman–Crippen LogP) is 2.98. The van der Waals surface area contributed by atoms with E-state index in [0.717, 1.165) is 30.5 Å². The lowest BCUT2D eigenvalue weighted by molar-refractivity contribution is 0.218. The van der Waals surface area contributed by atoms with Crippen LogP contribution >= 0.6 is 0 Å². The van der Waals surface area contributed by atoms with E-state index >= 15 is 0 Å². The van der Waals surface area contributed by atoms with Crippen LogP contribution in [0.25, 0.3) is 0 Å². The van der Waals surface area contributed by atoms with Crippen molar-refractivity contribution in [3.8, 4) is 0 Å². The van der Waals surface area contributed by atoms with E-state index in [-0.39, 0.29) is 0 Å². The molecule has 1 fully saturated rings. The number of nitrogens with one attached hydrogen (secondary N) is 1. The quantitative estimate of drug-likeness (QED) is 0.822. The van der Waals surface area contributed by atoms with Crippen molar-refractivity contribution in [3.05, 3.63) is 11.9 Å². The lowest BCUT2D eigenvalue weighted by Gasteiger charge is -2.34. The van der Waals surface area contributed by atoms with Crippen LogP contribution in [0.3, 0.4) is 0 Å². The number of nitrogens with zero attached hydrogens (tertiary/aromatic N) is 2. The molecule has 0 saturated heterocycles. The third-order valence-corrected chi connectivity index (χ3v) is 3.13. The minimum Gasteiger partial charge on any atom is -0.356 e. The summed E-state index contributed by atoms with van der Waals surface area (Å²) >= 11 is 0. The molecule has 84 valence electrons. The SMILES string of the molecule is CCCNc1nc(C)cn1C1CC(C)C1. The molecule has 1 aliphatic carbocycles. The number of anilines is 1. The van der Waals surface area contributed by atoms with Crippen molar-refractivity contribution in [3.63, 3.8) is 0 Å². The van der Waals surface area contributed by atoms with Crippen molar-refractivity contribution < 1.29 is 0 Å². The van der Waals surface area contributed by atoms with Gasteiger partial charge in [0.05, 0.1) is 5.69 Å². The Morgan fingerprint density at radius 2 is 2.27 bits per heavy atom. The van der Waals surface area contributed by atoms with E-state index in [1.165, 1.54) is 12.8 Å². The highest BCUT2D eigenvalue weighted by atomic mass is 15.2. The van der Waals surface area contributed by atoms with Crippen LogP contribution in [0.1, 0.15) is 44.8 Å². The van der Waals surface area contributed by atoms with Crippen molar-refractivity contribution in [2.24, 2.45) is 5.92 Å². The highest BCUT2D eigenvalue weighted by Gasteiger charge is 2.28. The van der Waals surface area contributed by atoms with Crippen molar-refractivity contribution in [1.82, 2.24) is 9.55 Å². The molecule has 3 nitrogen and oxygen atoms in total. The highest BCUT2D eigenvalue weighted by Crippen LogP contribution is 2.38. The second-order valence-corrected chi connectivity index (χ2v) is 4.77. The van der Waals surface area contributed by atoms with E-state index in [0.29, 0.717) is 6.04 Å². The van der Waals surface area contributed by atoms with Gasteiger partial charge in [-0.2, -0.15) is 0 Å². The standard InChI is InChI=1S/C12H21N3/c1-4-5-13-12-14-10(3)8-15(12)11-6-9(2)7-11/h8-9,11H,4-7H2,1-3H3,(H,13,14). The Morgan fingerprint density at radius 3 is 2.87 bits per heavy atom. The Labute approximate surface area is 91.9 Å². The van der Waals surface area contributed by atoms with Crippen LogP contribution in [0.4, 0.5) is 5.95 Å². The van der Waals surface area contributed by atoms with Crippen LogP contribution < -0.4 is 5.32 Å². The molecule has 0 amide bonds. The van der Waals surface area contributed by atoms with Gasteiger partial charge in [0, 0.05) is 18.8 Å². The van der Waals surface area contributed by atoms with Crippen molar-refractivity contribution in [1.29, 1.82) is 0 Å². The summed E-state index contributed by atoms with van der Waals surface area (Å²) in [4.78, 5) is 4.53. The zero-order chi connectivity index (χ0) is 10.8. The summed E-state index contributed by atoms with van der Waals surface area (Å²) in [6, 6.07) is 0.681. The third kappa shape index (κ3) is 2.16. The van der Waals surface area contributed by atoms with Gasteiger partial charge in [-0.3, -0.25) is 0 Å². The fourth-order valence-corrected chi connectivity index (χ4v) is 2.25. The minimum absolute atomic E-state index is 0.681. The lowest BCUT2D eigenvalue weighted by atomic mass is 9.82. The molecule has 0 bridgehead atoms. The summed E-state index contributed by atoms with van der Waals surface area (Å²) in [5.41, 5.74) is 1.12. The first kappa shape index (κ1) is 10.5. The maximum absolute atomic E-state index is 4.53. The van der Waals surface area contributed by atoms with Gasteiger partial charge in [-0.05, 0) is 32.1 Å². The molecule has 3 heteroatoms. The first-order valence-electron chi connectivity index (χ1n) is 6.00. The van der Waals surface area contributed by atoms with Gasteiger partial charge in [-0.15, -0.1) is 0 Å². The molecule has 2 rings (SSSR count). The van der Waals surface area contributed by atoms with Gasteiger partial charge in [0.2, 0.25) is 5.95 Å². The van der Waals surface area contributed by atoms with E-state index in [2.05, 4.69) is 41.8 Å². The van der Waals surface area contributed by atoms with Crippen LogP contribution in [0.15, 0.2) is 6.20 Å². The molecule has 1 aromatic rings. The first-order valence-corrected chi connectivity index (χ1v) is 6.00. The van der Waals surface area contributed by atoms with E-state index in [9.17, 15) is 0 Å². The molecule has 15 heavy (non-hydrogen) atoms. The average Bonchev–Trinajstić information content (AvgIpc) is 2.51. The largest absolute Gasteiger partial charge is 0.356 e. The molecule has 1 heterocycles. The Kier molecular flexibility index (Phi) is 2.98. The number of aromatic nitrogens is 2. The van der Waals surface area contributed by atoms with Gasteiger partial charge in [-0.25, -0.2) is 4.98 Å². The molecule has 1 aromatic heterocycles. The number of imidazole rings is 1. The summed E-state index contributed by atoms with van der Waals surface area (Å²) in [5, 5.41) is 3.40. The maximum Gasteiger partial charge on any atom is 0.203 e. The Hall–Kier alpha value is -0.990. The summed E-state index contributed by atoms with van der Waals surface area (Å²) < 4.78 is 2.32. The topological polar surface area (TPSA) is 29.9 Å². The van der Waals surface area contributed by atoms with Crippen molar-refractivity contribution >= 4 is 5.95 Å². The molecule has 1 N–H and O–H groups in total. The summed E-state index contributed by atoms with van der Waals surface area (Å²) in [6.07, 6.45) is 5.93. The summed E-state index contributed by atoms with van der Waals surface area (Å²) in [6.45, 7) is 7.58. The lowest BCUT2D eigenvalue weighted by Crippen LogP contribution is -2.25. The van der Waals surface area contributed by atoms with Crippen molar-refractivity contribution in [2.75, 3.05) is 11.9 Å². The van der Waals surface area contributed by atoms with Gasteiger partial charge in [0.25, 0.3) is 0 Å². The van der Waals surface area contributed by atoms with Crippen molar-refractivity contribution in [2.45, 2.75) is 46.1 Å². The molecule has 1 aliphatic rings. The molecular formula is C12H21N3. The van der Waals surface area contributed by atoms with Gasteiger partial charge >= 0.3 is 0 Å². The molecular weight excluding hydrogens is 186 g/mol. The van der Waals surface area contributed by atoms with E-state index < -0.39 is 0 Å². The fourth-order valence-electron chi connectivity index (χ4n) is 2.25. The van der Waals surface area contributed by atoms with Gasteiger partial charge in [-0.1, -0.05) is 13.8 Å². The Bertz CT molecular complexity index is 324. The summed E-state index contributed by atoms with van der Waals surface area (Å²) in [7, 11) is 0. The maximum atomic E-state index is 4.53. The molecule has 0 aliphatic heterocycles. The Balaban J connectivity index is 2.07. The van der Waals surface area contributed by atoms with E-state index in [1.807, 2.05) is 0 Å². The molecule has 0 unspecified atom stereocenters. The normalized spacial score (nSPS) is 25.0. The first-order chi connectivity index (χ1) is 7.20. The molecule has 0 aromatic carbocycles. The zero-order valence-electron chi connectivity index (χ0n) is 9.95. The molecule has 1 saturated carbocycles. The zero-order valence-corrected chi connectivity index (χ0v) is 9.95. The average molecular weight is 207 g/mol. The molecule has 0 spiro atoms. The van der Waals surface area contributed by atoms with Crippen LogP contribution in [-0.4, -0.2) is 16.1 Å². The van der Waals surface area contributed by atoms with Gasteiger partial charge < -0.3 is 9.88 Å². The van der Waals surface area contributed by atoms with E-state index in [4.69, 9.17) is 0 Å². The molecule has 0 radical (unpaired) electrons. The molecule has 0 atom stereocenters. The van der Waals surface area contributed by atoms with Crippen LogP contribution in [0, 0.1) is 12.8 Å². The Morgan fingerprint density at radius 1 is 1.53 bits per heavy atom. The predicted molar refractivity (Wildman–Crippen MR) is 63.2 cm³/mol. The number of hydrogen-bond donors (Lipinski definition) is 1. The second kappa shape index (κ2) is 4.25. The smallest absolute Gasteiger partial charge is 0.203 e. The summed E-state index contributed by atoms with van der Waals surface area (Å²) in [5.74, 6) is 1.95. The number of rotatable bonds is 4. The van der Waals surface area contributed by atoms with Crippen LogP contribution in [-0.2, 0) is 0 Å². The highest BCUT2D eigenvalue weighted by molar-refractivity contribution is 5.30. The van der Waals surface area contributed by atoms with E-state index in [1.54, 1.807) is 0 Å². The van der Waals surface area contributed by atoms with Gasteiger partial charge in [0.15, 0.2) is 0 Å². The second-order valence-electron chi connectivity index (χ2n) is 4.77.